The highest BCUT2D eigenvalue weighted by atomic mass is 35.5. The monoisotopic (exact) mass is 359 g/mol. The van der Waals surface area contributed by atoms with Crippen LogP contribution in [-0.2, 0) is 4.79 Å². The van der Waals surface area contributed by atoms with Crippen LogP contribution in [0.1, 0.15) is 23.2 Å². The largest absolute Gasteiger partial charge is 0.336 e. The lowest BCUT2D eigenvalue weighted by Crippen LogP contribution is -2.57. The number of nitrogens with zero attached hydrogens (tertiary/aromatic N) is 2. The first-order valence-electron chi connectivity index (χ1n) is 7.81. The molecular weight excluding hydrogens is 340 g/mol. The van der Waals surface area contributed by atoms with Gasteiger partial charge in [0.25, 0.3) is 5.91 Å². The standard InChI is InChI=1S/C16H19F2N3O2.ClH/c17-11-3-4-14(18)13(8-11)16(23)20-6-1-2-12(10-20)21-7-5-19-9-15(21)22;/h3-4,8,12,19H,1-2,5-7,9-10H2;1H. The van der Waals surface area contributed by atoms with E-state index >= 15 is 0 Å². The van der Waals surface area contributed by atoms with Gasteiger partial charge in [0.05, 0.1) is 12.1 Å². The van der Waals surface area contributed by atoms with Gasteiger partial charge in [0, 0.05) is 32.2 Å². The molecule has 3 rings (SSSR count). The van der Waals surface area contributed by atoms with Crippen molar-refractivity contribution in [3.05, 3.63) is 35.4 Å². The normalized spacial score (nSPS) is 21.4. The van der Waals surface area contributed by atoms with Crippen molar-refractivity contribution in [3.63, 3.8) is 0 Å². The molecule has 0 bridgehead atoms. The van der Waals surface area contributed by atoms with Crippen molar-refractivity contribution in [2.24, 2.45) is 0 Å². The summed E-state index contributed by atoms with van der Waals surface area (Å²) < 4.78 is 27.1. The van der Waals surface area contributed by atoms with Gasteiger partial charge in [-0.3, -0.25) is 9.59 Å². The van der Waals surface area contributed by atoms with Crippen LogP contribution in [0.15, 0.2) is 18.2 Å². The second-order valence-electron chi connectivity index (χ2n) is 5.94. The first-order chi connectivity index (χ1) is 11.1. The Balaban J connectivity index is 0.00000208. The molecule has 1 aromatic carbocycles. The predicted molar refractivity (Wildman–Crippen MR) is 87.1 cm³/mol. The molecule has 2 fully saturated rings. The Morgan fingerprint density at radius 1 is 1.25 bits per heavy atom. The Morgan fingerprint density at radius 3 is 2.79 bits per heavy atom. The van der Waals surface area contributed by atoms with E-state index in [1.165, 1.54) is 4.90 Å². The van der Waals surface area contributed by atoms with Crippen LogP contribution in [0, 0.1) is 11.6 Å². The zero-order chi connectivity index (χ0) is 16.4. The number of carbonyl (C=O) groups excluding carboxylic acids is 2. The van der Waals surface area contributed by atoms with Crippen molar-refractivity contribution < 1.29 is 18.4 Å². The molecular formula is C16H20ClF2N3O2. The fourth-order valence-corrected chi connectivity index (χ4v) is 3.23. The van der Waals surface area contributed by atoms with Crippen molar-refractivity contribution in [2.75, 3.05) is 32.7 Å². The molecule has 5 nitrogen and oxygen atoms in total. The van der Waals surface area contributed by atoms with E-state index in [0.717, 1.165) is 37.6 Å². The number of halogens is 3. The Morgan fingerprint density at radius 2 is 2.04 bits per heavy atom. The highest BCUT2D eigenvalue weighted by molar-refractivity contribution is 5.94. The number of hydrogen-bond acceptors (Lipinski definition) is 3. The summed E-state index contributed by atoms with van der Waals surface area (Å²) in [6, 6.07) is 2.82. The van der Waals surface area contributed by atoms with Crippen molar-refractivity contribution in [1.29, 1.82) is 0 Å². The number of nitrogens with one attached hydrogen (secondary N) is 1. The summed E-state index contributed by atoms with van der Waals surface area (Å²) in [5, 5.41) is 3.01. The third-order valence-electron chi connectivity index (χ3n) is 4.41. The van der Waals surface area contributed by atoms with E-state index in [-0.39, 0.29) is 29.9 Å². The maximum Gasteiger partial charge on any atom is 0.257 e. The van der Waals surface area contributed by atoms with E-state index in [0.29, 0.717) is 26.2 Å². The maximum atomic E-state index is 13.8. The molecule has 0 saturated carbocycles. The number of likely N-dealkylation sites (tertiary alicyclic amines) is 1. The lowest BCUT2D eigenvalue weighted by Gasteiger charge is -2.41. The van der Waals surface area contributed by atoms with Gasteiger partial charge in [-0.2, -0.15) is 0 Å². The third-order valence-corrected chi connectivity index (χ3v) is 4.41. The molecule has 1 unspecified atom stereocenters. The topological polar surface area (TPSA) is 52.7 Å². The quantitative estimate of drug-likeness (QED) is 0.869. The molecule has 8 heteroatoms. The average Bonchev–Trinajstić information content (AvgIpc) is 2.57. The van der Waals surface area contributed by atoms with Crippen molar-refractivity contribution in [1.82, 2.24) is 15.1 Å². The molecule has 0 spiro atoms. The highest BCUT2D eigenvalue weighted by Crippen LogP contribution is 2.20. The minimum atomic E-state index is -0.725. The average molecular weight is 360 g/mol. The van der Waals surface area contributed by atoms with E-state index in [1.807, 2.05) is 0 Å². The summed E-state index contributed by atoms with van der Waals surface area (Å²) in [6.07, 6.45) is 1.56. The van der Waals surface area contributed by atoms with Crippen molar-refractivity contribution in [2.45, 2.75) is 18.9 Å². The van der Waals surface area contributed by atoms with E-state index in [9.17, 15) is 18.4 Å². The summed E-state index contributed by atoms with van der Waals surface area (Å²) >= 11 is 0. The molecule has 1 atom stereocenters. The van der Waals surface area contributed by atoms with Gasteiger partial charge in [0.2, 0.25) is 5.91 Å². The van der Waals surface area contributed by atoms with Gasteiger partial charge in [-0.05, 0) is 31.0 Å². The van der Waals surface area contributed by atoms with Crippen LogP contribution in [-0.4, -0.2) is 60.4 Å². The molecule has 0 aliphatic carbocycles. The SMILES string of the molecule is Cl.O=C(c1cc(F)ccc1F)N1CCCC(N2CCNCC2=O)C1. The molecule has 1 N–H and O–H groups in total. The first kappa shape index (κ1) is 18.6. The number of benzene rings is 1. The maximum absolute atomic E-state index is 13.8. The number of amides is 2. The third kappa shape index (κ3) is 3.84. The van der Waals surface area contributed by atoms with E-state index in [2.05, 4.69) is 5.32 Å². The summed E-state index contributed by atoms with van der Waals surface area (Å²) in [6.45, 7) is 2.50. The lowest BCUT2D eigenvalue weighted by molar-refractivity contribution is -0.135. The smallest absolute Gasteiger partial charge is 0.257 e. The van der Waals surface area contributed by atoms with Crippen LogP contribution in [0.3, 0.4) is 0 Å². The Hall–Kier alpha value is -1.73. The van der Waals surface area contributed by atoms with Crippen LogP contribution in [0.4, 0.5) is 8.78 Å². The Labute approximate surface area is 145 Å². The molecule has 2 amide bonds. The van der Waals surface area contributed by atoms with Gasteiger partial charge in [0.15, 0.2) is 0 Å². The van der Waals surface area contributed by atoms with E-state index in [1.54, 1.807) is 4.90 Å². The number of hydrogen-bond donors (Lipinski definition) is 1. The van der Waals surface area contributed by atoms with Gasteiger partial charge in [0.1, 0.15) is 11.6 Å². The minimum Gasteiger partial charge on any atom is -0.336 e. The number of piperidine rings is 1. The predicted octanol–water partition coefficient (Wildman–Crippen LogP) is 1.42. The second-order valence-corrected chi connectivity index (χ2v) is 5.94. The van der Waals surface area contributed by atoms with Crippen molar-refractivity contribution >= 4 is 24.2 Å². The summed E-state index contributed by atoms with van der Waals surface area (Å²) in [7, 11) is 0. The van der Waals surface area contributed by atoms with E-state index in [4.69, 9.17) is 0 Å². The van der Waals surface area contributed by atoms with Gasteiger partial charge < -0.3 is 15.1 Å². The van der Waals surface area contributed by atoms with Gasteiger partial charge >= 0.3 is 0 Å². The summed E-state index contributed by atoms with van der Waals surface area (Å²) in [5.74, 6) is -1.86. The number of carbonyl (C=O) groups is 2. The highest BCUT2D eigenvalue weighted by Gasteiger charge is 2.32. The molecule has 0 aromatic heterocycles. The van der Waals surface area contributed by atoms with Crippen LogP contribution >= 0.6 is 12.4 Å². The van der Waals surface area contributed by atoms with Crippen LogP contribution < -0.4 is 5.32 Å². The minimum absolute atomic E-state index is 0. The first-order valence-corrected chi connectivity index (χ1v) is 7.81. The fourth-order valence-electron chi connectivity index (χ4n) is 3.23. The van der Waals surface area contributed by atoms with Gasteiger partial charge in [-0.15, -0.1) is 12.4 Å². The van der Waals surface area contributed by atoms with Crippen LogP contribution in [0.5, 0.6) is 0 Å². The van der Waals surface area contributed by atoms with Crippen LogP contribution in [0.2, 0.25) is 0 Å². The molecule has 132 valence electrons. The molecule has 2 heterocycles. The lowest BCUT2D eigenvalue weighted by atomic mass is 10.0. The molecule has 2 aliphatic rings. The van der Waals surface area contributed by atoms with Crippen LogP contribution in [0.25, 0.3) is 0 Å². The molecule has 1 aromatic rings. The van der Waals surface area contributed by atoms with Gasteiger partial charge in [-0.1, -0.05) is 0 Å². The number of piperazine rings is 1. The zero-order valence-electron chi connectivity index (χ0n) is 13.1. The van der Waals surface area contributed by atoms with E-state index < -0.39 is 17.5 Å². The molecule has 24 heavy (non-hydrogen) atoms. The van der Waals surface area contributed by atoms with Crippen molar-refractivity contribution in [3.8, 4) is 0 Å². The Bertz CT molecular complexity index is 629. The molecule has 0 radical (unpaired) electrons. The second kappa shape index (κ2) is 7.90. The summed E-state index contributed by atoms with van der Waals surface area (Å²) in [5.41, 5.74) is -0.253. The summed E-state index contributed by atoms with van der Waals surface area (Å²) in [4.78, 5) is 27.8. The molecule has 2 aliphatic heterocycles. The molecule has 2 saturated heterocycles. The Kier molecular flexibility index (Phi) is 6.12. The fraction of sp³-hybridized carbons (Fsp3) is 0.500. The zero-order valence-corrected chi connectivity index (χ0v) is 14.0. The number of rotatable bonds is 2. The van der Waals surface area contributed by atoms with Gasteiger partial charge in [-0.25, -0.2) is 8.78 Å².